The van der Waals surface area contributed by atoms with E-state index in [-0.39, 0.29) is 16.7 Å². The molecule has 1 amide bonds. The summed E-state index contributed by atoms with van der Waals surface area (Å²) in [4.78, 5) is 12.7. The van der Waals surface area contributed by atoms with Gasteiger partial charge in [0, 0.05) is 10.6 Å². The van der Waals surface area contributed by atoms with Crippen molar-refractivity contribution in [3.63, 3.8) is 0 Å². The fraction of sp³-hybridized carbons (Fsp3) is 0.278. The van der Waals surface area contributed by atoms with Gasteiger partial charge in [0.05, 0.1) is 12.4 Å². The van der Waals surface area contributed by atoms with Crippen molar-refractivity contribution in [2.24, 2.45) is 5.92 Å². The number of benzene rings is 2. The molecular formula is C18H19F2NO2S. The van der Waals surface area contributed by atoms with E-state index in [1.165, 1.54) is 0 Å². The molecule has 0 radical (unpaired) electrons. The molecule has 2 aromatic carbocycles. The van der Waals surface area contributed by atoms with Crippen LogP contribution in [0.5, 0.6) is 5.75 Å². The first-order valence-electron chi connectivity index (χ1n) is 7.47. The third-order valence-corrected chi connectivity index (χ3v) is 4.95. The number of carbonyl (C=O) groups excluding carboxylic acids is 1. The highest BCUT2D eigenvalue weighted by molar-refractivity contribution is 8.00. The molecule has 2 aromatic rings. The molecule has 3 nitrogen and oxygen atoms in total. The number of hydrogen-bond donors (Lipinski definition) is 1. The highest BCUT2D eigenvalue weighted by Crippen LogP contribution is 2.31. The van der Waals surface area contributed by atoms with Gasteiger partial charge >= 0.3 is 0 Å². The van der Waals surface area contributed by atoms with Crippen molar-refractivity contribution in [1.82, 2.24) is 0 Å². The van der Waals surface area contributed by atoms with E-state index in [1.807, 2.05) is 13.8 Å². The molecule has 0 aliphatic carbocycles. The molecule has 1 atom stereocenters. The minimum atomic E-state index is -0.552. The maximum atomic E-state index is 13.8. The van der Waals surface area contributed by atoms with Crippen molar-refractivity contribution >= 4 is 23.4 Å². The van der Waals surface area contributed by atoms with E-state index < -0.39 is 16.9 Å². The molecule has 1 N–H and O–H groups in total. The zero-order valence-corrected chi connectivity index (χ0v) is 14.5. The third-order valence-electron chi connectivity index (χ3n) is 3.37. The van der Waals surface area contributed by atoms with Gasteiger partial charge in [-0.2, -0.15) is 0 Å². The first kappa shape index (κ1) is 18.3. The molecule has 0 aliphatic rings. The van der Waals surface area contributed by atoms with Crippen LogP contribution in [-0.4, -0.2) is 18.3 Å². The van der Waals surface area contributed by atoms with Crippen molar-refractivity contribution in [3.8, 4) is 5.75 Å². The third kappa shape index (κ3) is 4.71. The van der Waals surface area contributed by atoms with Gasteiger partial charge in [-0.1, -0.05) is 13.8 Å². The molecule has 128 valence electrons. The fourth-order valence-electron chi connectivity index (χ4n) is 2.08. The summed E-state index contributed by atoms with van der Waals surface area (Å²) < 4.78 is 32.2. The topological polar surface area (TPSA) is 38.3 Å². The summed E-state index contributed by atoms with van der Waals surface area (Å²) in [6.45, 7) is 3.73. The summed E-state index contributed by atoms with van der Waals surface area (Å²) >= 11 is 1.02. The second kappa shape index (κ2) is 8.15. The summed E-state index contributed by atoms with van der Waals surface area (Å²) in [5.41, 5.74) is 0.617. The summed E-state index contributed by atoms with van der Waals surface area (Å²) in [6.07, 6.45) is 0. The number of rotatable bonds is 6. The second-order valence-electron chi connectivity index (χ2n) is 5.57. The Labute approximate surface area is 144 Å². The van der Waals surface area contributed by atoms with E-state index in [0.29, 0.717) is 11.4 Å². The number of nitrogens with one attached hydrogen (secondary N) is 1. The minimum Gasteiger partial charge on any atom is -0.497 e. The lowest BCUT2D eigenvalue weighted by atomic mass is 10.1. The van der Waals surface area contributed by atoms with Crippen LogP contribution in [0.3, 0.4) is 0 Å². The monoisotopic (exact) mass is 351 g/mol. The number of carbonyl (C=O) groups is 1. The van der Waals surface area contributed by atoms with Gasteiger partial charge in [0.1, 0.15) is 17.4 Å². The normalized spacial score (nSPS) is 12.1. The Morgan fingerprint density at radius 2 is 1.79 bits per heavy atom. The maximum absolute atomic E-state index is 13.8. The van der Waals surface area contributed by atoms with Crippen LogP contribution in [0.4, 0.5) is 14.5 Å². The minimum absolute atomic E-state index is 0.0593. The van der Waals surface area contributed by atoms with Crippen LogP contribution < -0.4 is 10.1 Å². The van der Waals surface area contributed by atoms with Crippen LogP contribution in [0.1, 0.15) is 13.8 Å². The SMILES string of the molecule is COc1ccc(NC(=O)[C@H](Sc2cc(F)ccc2F)C(C)C)cc1. The summed E-state index contributed by atoms with van der Waals surface area (Å²) in [5.74, 6) is -0.703. The average Bonchev–Trinajstić information content (AvgIpc) is 2.55. The smallest absolute Gasteiger partial charge is 0.238 e. The van der Waals surface area contributed by atoms with Gasteiger partial charge in [-0.25, -0.2) is 8.78 Å². The molecular weight excluding hydrogens is 332 g/mol. The zero-order chi connectivity index (χ0) is 17.7. The van der Waals surface area contributed by atoms with E-state index >= 15 is 0 Å². The van der Waals surface area contributed by atoms with Crippen LogP contribution >= 0.6 is 11.8 Å². The molecule has 24 heavy (non-hydrogen) atoms. The van der Waals surface area contributed by atoms with Crippen molar-refractivity contribution in [2.75, 3.05) is 12.4 Å². The fourth-order valence-corrected chi connectivity index (χ4v) is 3.16. The van der Waals surface area contributed by atoms with E-state index in [2.05, 4.69) is 5.32 Å². The highest BCUT2D eigenvalue weighted by Gasteiger charge is 2.25. The lowest BCUT2D eigenvalue weighted by Crippen LogP contribution is -2.29. The van der Waals surface area contributed by atoms with Gasteiger partial charge in [0.25, 0.3) is 0 Å². The Morgan fingerprint density at radius 3 is 2.38 bits per heavy atom. The summed E-state index contributed by atoms with van der Waals surface area (Å²) in [5, 5.41) is 2.25. The quantitative estimate of drug-likeness (QED) is 0.765. The first-order chi connectivity index (χ1) is 11.4. The van der Waals surface area contributed by atoms with Gasteiger partial charge in [-0.3, -0.25) is 4.79 Å². The van der Waals surface area contributed by atoms with Gasteiger partial charge < -0.3 is 10.1 Å². The van der Waals surface area contributed by atoms with Crippen molar-refractivity contribution in [2.45, 2.75) is 24.0 Å². The molecule has 0 unspecified atom stereocenters. The van der Waals surface area contributed by atoms with Gasteiger partial charge in [0.2, 0.25) is 5.91 Å². The van der Waals surface area contributed by atoms with Crippen LogP contribution in [0.15, 0.2) is 47.4 Å². The predicted octanol–water partition coefficient (Wildman–Crippen LogP) is 4.73. The molecule has 0 aromatic heterocycles. The van der Waals surface area contributed by atoms with Crippen molar-refractivity contribution < 1.29 is 18.3 Å². The highest BCUT2D eigenvalue weighted by atomic mass is 32.2. The second-order valence-corrected chi connectivity index (χ2v) is 6.76. The molecule has 0 saturated heterocycles. The Bertz CT molecular complexity index is 705. The van der Waals surface area contributed by atoms with E-state index in [1.54, 1.807) is 31.4 Å². The van der Waals surface area contributed by atoms with Crippen LogP contribution in [0.2, 0.25) is 0 Å². The lowest BCUT2D eigenvalue weighted by Gasteiger charge is -2.20. The number of amides is 1. The first-order valence-corrected chi connectivity index (χ1v) is 8.35. The van der Waals surface area contributed by atoms with Crippen molar-refractivity contribution in [3.05, 3.63) is 54.1 Å². The van der Waals surface area contributed by atoms with Gasteiger partial charge in [-0.05, 0) is 48.4 Å². The Hall–Kier alpha value is -2.08. The molecule has 2 rings (SSSR count). The Balaban J connectivity index is 2.13. The van der Waals surface area contributed by atoms with Gasteiger partial charge in [-0.15, -0.1) is 11.8 Å². The van der Waals surface area contributed by atoms with E-state index in [9.17, 15) is 13.6 Å². The number of ether oxygens (including phenoxy) is 1. The maximum Gasteiger partial charge on any atom is 0.238 e. The number of halogens is 2. The molecule has 0 spiro atoms. The molecule has 0 bridgehead atoms. The number of anilines is 1. The molecule has 0 fully saturated rings. The molecule has 0 heterocycles. The van der Waals surface area contributed by atoms with Crippen LogP contribution in [0.25, 0.3) is 0 Å². The number of methoxy groups -OCH3 is 1. The predicted molar refractivity (Wildman–Crippen MR) is 92.5 cm³/mol. The van der Waals surface area contributed by atoms with E-state index in [0.717, 1.165) is 30.0 Å². The molecule has 6 heteroatoms. The van der Waals surface area contributed by atoms with Crippen molar-refractivity contribution in [1.29, 1.82) is 0 Å². The largest absolute Gasteiger partial charge is 0.497 e. The van der Waals surface area contributed by atoms with E-state index in [4.69, 9.17) is 4.74 Å². The Kier molecular flexibility index (Phi) is 6.20. The summed E-state index contributed by atoms with van der Waals surface area (Å²) in [6, 6.07) is 10.1. The van der Waals surface area contributed by atoms with Gasteiger partial charge in [0.15, 0.2) is 0 Å². The molecule has 0 aliphatic heterocycles. The molecule has 0 saturated carbocycles. The zero-order valence-electron chi connectivity index (χ0n) is 13.7. The Morgan fingerprint density at radius 1 is 1.12 bits per heavy atom. The lowest BCUT2D eigenvalue weighted by molar-refractivity contribution is -0.116. The summed E-state index contributed by atoms with van der Waals surface area (Å²) in [7, 11) is 1.56. The number of hydrogen-bond acceptors (Lipinski definition) is 3. The standard InChI is InChI=1S/C18H19F2NO2S/c1-11(2)17(24-16-10-12(19)4-9-15(16)20)18(22)21-13-5-7-14(23-3)8-6-13/h4-11,17H,1-3H3,(H,21,22)/t17-/m1/s1. The van der Waals surface area contributed by atoms with Crippen LogP contribution in [0, 0.1) is 17.6 Å². The number of thioether (sulfide) groups is 1. The van der Waals surface area contributed by atoms with Crippen LogP contribution in [-0.2, 0) is 4.79 Å². The average molecular weight is 351 g/mol.